The second-order valence-corrected chi connectivity index (χ2v) is 9.19. The van der Waals surface area contributed by atoms with Crippen molar-refractivity contribution in [3.05, 3.63) is 27.9 Å². The van der Waals surface area contributed by atoms with Gasteiger partial charge in [-0.3, -0.25) is 9.59 Å². The highest BCUT2D eigenvalue weighted by Crippen LogP contribution is 2.59. The van der Waals surface area contributed by atoms with E-state index in [1.54, 1.807) is 0 Å². The average molecular weight is 356 g/mol. The van der Waals surface area contributed by atoms with Gasteiger partial charge in [-0.2, -0.15) is 0 Å². The zero-order valence-corrected chi connectivity index (χ0v) is 15.2. The number of rotatable bonds is 3. The van der Waals surface area contributed by atoms with Crippen molar-refractivity contribution >= 4 is 5.91 Å². The molecular formula is C20H28N4O2. The highest BCUT2D eigenvalue weighted by atomic mass is 16.2. The molecule has 1 unspecified atom stereocenters. The summed E-state index contributed by atoms with van der Waals surface area (Å²) in [6, 6.07) is 0.0958. The summed E-state index contributed by atoms with van der Waals surface area (Å²) in [6.07, 6.45) is 11.1. The van der Waals surface area contributed by atoms with E-state index < -0.39 is 0 Å². The molecule has 2 heterocycles. The minimum atomic E-state index is -0.301. The minimum Gasteiger partial charge on any atom is -0.348 e. The molecule has 3 N–H and O–H groups in total. The van der Waals surface area contributed by atoms with E-state index >= 15 is 0 Å². The predicted molar refractivity (Wildman–Crippen MR) is 98.1 cm³/mol. The standard InChI is InChI=1S/C20H28N4O2/c25-17(23-15-2-1-3-21-10-15)16-11-22-19(24-18(16)26)20-7-12-4-13(8-20)6-14(5-12)9-20/h11-15,21H,1-10H2,(H,23,25)(H,22,24,26). The molecule has 140 valence electrons. The average Bonchev–Trinajstić information content (AvgIpc) is 2.61. The molecule has 5 aliphatic rings. The number of H-pyrrole nitrogens is 1. The maximum atomic E-state index is 12.6. The molecule has 1 saturated heterocycles. The highest BCUT2D eigenvalue weighted by molar-refractivity contribution is 5.93. The van der Waals surface area contributed by atoms with Crippen LogP contribution in [0.4, 0.5) is 0 Å². The quantitative estimate of drug-likeness (QED) is 0.770. The lowest BCUT2D eigenvalue weighted by molar-refractivity contribution is -0.00954. The zero-order valence-electron chi connectivity index (χ0n) is 15.2. The summed E-state index contributed by atoms with van der Waals surface area (Å²) in [5.74, 6) is 2.93. The van der Waals surface area contributed by atoms with Crippen molar-refractivity contribution in [2.75, 3.05) is 13.1 Å². The van der Waals surface area contributed by atoms with Crippen LogP contribution >= 0.6 is 0 Å². The third-order valence-corrected chi connectivity index (χ3v) is 7.22. The van der Waals surface area contributed by atoms with Crippen molar-refractivity contribution < 1.29 is 4.79 Å². The van der Waals surface area contributed by atoms with Gasteiger partial charge in [0, 0.05) is 24.2 Å². The lowest BCUT2D eigenvalue weighted by Crippen LogP contribution is -2.50. The Bertz CT molecular complexity index is 730. The van der Waals surface area contributed by atoms with Gasteiger partial charge in [0.1, 0.15) is 11.4 Å². The Kier molecular flexibility index (Phi) is 3.92. The summed E-state index contributed by atoms with van der Waals surface area (Å²) in [5.41, 5.74) is -0.0907. The van der Waals surface area contributed by atoms with Gasteiger partial charge in [0.15, 0.2) is 0 Å². The van der Waals surface area contributed by atoms with Crippen molar-refractivity contribution in [2.45, 2.75) is 62.8 Å². The molecule has 0 radical (unpaired) electrons. The number of aromatic nitrogens is 2. The second-order valence-electron chi connectivity index (χ2n) is 9.19. The number of hydrogen-bond acceptors (Lipinski definition) is 4. The van der Waals surface area contributed by atoms with Crippen LogP contribution in [0.25, 0.3) is 0 Å². The summed E-state index contributed by atoms with van der Waals surface area (Å²) >= 11 is 0. The van der Waals surface area contributed by atoms with Crippen molar-refractivity contribution in [1.29, 1.82) is 0 Å². The van der Waals surface area contributed by atoms with Crippen LogP contribution in [0.15, 0.2) is 11.0 Å². The van der Waals surface area contributed by atoms with Crippen LogP contribution in [0.5, 0.6) is 0 Å². The topological polar surface area (TPSA) is 86.9 Å². The number of aromatic amines is 1. The Balaban J connectivity index is 1.37. The summed E-state index contributed by atoms with van der Waals surface area (Å²) in [5, 5.41) is 6.24. The summed E-state index contributed by atoms with van der Waals surface area (Å²) < 4.78 is 0. The SMILES string of the molecule is O=C(NC1CCCNC1)c1cnc(C23CC4CC(CC(C4)C2)C3)[nH]c1=O. The first kappa shape index (κ1) is 16.5. The monoisotopic (exact) mass is 356 g/mol. The van der Waals surface area contributed by atoms with E-state index in [1.807, 2.05) is 0 Å². The maximum absolute atomic E-state index is 12.6. The number of hydrogen-bond donors (Lipinski definition) is 3. The molecule has 6 heteroatoms. The molecule has 4 bridgehead atoms. The fraction of sp³-hybridized carbons (Fsp3) is 0.750. The van der Waals surface area contributed by atoms with Crippen molar-refractivity contribution in [2.24, 2.45) is 17.8 Å². The Hall–Kier alpha value is -1.69. The van der Waals surface area contributed by atoms with Gasteiger partial charge >= 0.3 is 0 Å². The number of carbonyl (C=O) groups is 1. The first-order valence-corrected chi connectivity index (χ1v) is 10.2. The van der Waals surface area contributed by atoms with Crippen molar-refractivity contribution in [3.63, 3.8) is 0 Å². The van der Waals surface area contributed by atoms with Gasteiger partial charge in [0.05, 0.1) is 0 Å². The normalized spacial score (nSPS) is 38.3. The van der Waals surface area contributed by atoms with Crippen molar-refractivity contribution in [1.82, 2.24) is 20.6 Å². The molecule has 0 spiro atoms. The van der Waals surface area contributed by atoms with E-state index in [9.17, 15) is 9.59 Å². The first-order valence-electron chi connectivity index (χ1n) is 10.2. The first-order chi connectivity index (χ1) is 12.6. The van der Waals surface area contributed by atoms with Gasteiger partial charge < -0.3 is 15.6 Å². The van der Waals surface area contributed by atoms with Gasteiger partial charge in [0.25, 0.3) is 11.5 Å². The summed E-state index contributed by atoms with van der Waals surface area (Å²) in [7, 11) is 0. The molecule has 4 saturated carbocycles. The molecule has 0 aromatic carbocycles. The van der Waals surface area contributed by atoms with E-state index in [-0.39, 0.29) is 28.5 Å². The Labute approximate surface area is 153 Å². The lowest BCUT2D eigenvalue weighted by atomic mass is 9.49. The summed E-state index contributed by atoms with van der Waals surface area (Å²) in [4.78, 5) is 32.8. The van der Waals surface area contributed by atoms with Gasteiger partial charge in [-0.15, -0.1) is 0 Å². The lowest BCUT2D eigenvalue weighted by Gasteiger charge is -2.56. The fourth-order valence-corrected chi connectivity index (χ4v) is 6.46. The molecule has 1 amide bonds. The van der Waals surface area contributed by atoms with Crippen LogP contribution in [0, 0.1) is 17.8 Å². The third-order valence-electron chi connectivity index (χ3n) is 7.22. The van der Waals surface area contributed by atoms with Crippen LogP contribution in [0.2, 0.25) is 0 Å². The molecule has 1 aromatic heterocycles. The van der Waals surface area contributed by atoms with Gasteiger partial charge in [-0.25, -0.2) is 4.98 Å². The fourth-order valence-electron chi connectivity index (χ4n) is 6.46. The minimum absolute atomic E-state index is 0.0518. The Morgan fingerprint density at radius 2 is 1.85 bits per heavy atom. The number of nitrogens with one attached hydrogen (secondary N) is 3. The van der Waals surface area contributed by atoms with E-state index in [1.165, 1.54) is 25.5 Å². The Morgan fingerprint density at radius 3 is 2.42 bits per heavy atom. The van der Waals surface area contributed by atoms with Crippen LogP contribution in [-0.2, 0) is 5.41 Å². The molecule has 1 aromatic rings. The van der Waals surface area contributed by atoms with Gasteiger partial charge in [0.2, 0.25) is 0 Å². The molecule has 1 atom stereocenters. The van der Waals surface area contributed by atoms with Crippen LogP contribution in [0.3, 0.4) is 0 Å². The van der Waals surface area contributed by atoms with E-state index in [2.05, 4.69) is 20.6 Å². The zero-order chi connectivity index (χ0) is 17.7. The van der Waals surface area contributed by atoms with E-state index in [0.717, 1.165) is 68.8 Å². The molecular weight excluding hydrogens is 328 g/mol. The molecule has 5 fully saturated rings. The van der Waals surface area contributed by atoms with Crippen LogP contribution < -0.4 is 16.2 Å². The van der Waals surface area contributed by atoms with E-state index in [4.69, 9.17) is 0 Å². The van der Waals surface area contributed by atoms with Crippen LogP contribution in [0.1, 0.15) is 67.5 Å². The maximum Gasteiger partial charge on any atom is 0.263 e. The third kappa shape index (κ3) is 2.79. The van der Waals surface area contributed by atoms with Crippen LogP contribution in [-0.4, -0.2) is 35.0 Å². The molecule has 6 rings (SSSR count). The number of amides is 1. The predicted octanol–water partition coefficient (Wildman–Crippen LogP) is 1.72. The molecule has 6 nitrogen and oxygen atoms in total. The van der Waals surface area contributed by atoms with Gasteiger partial charge in [-0.05, 0) is 75.7 Å². The Morgan fingerprint density at radius 1 is 1.15 bits per heavy atom. The number of piperidine rings is 1. The summed E-state index contributed by atoms with van der Waals surface area (Å²) in [6.45, 7) is 1.76. The number of carbonyl (C=O) groups excluding carboxylic acids is 1. The van der Waals surface area contributed by atoms with Crippen molar-refractivity contribution in [3.8, 4) is 0 Å². The number of nitrogens with zero attached hydrogens (tertiary/aromatic N) is 1. The second kappa shape index (κ2) is 6.19. The molecule has 1 aliphatic heterocycles. The highest BCUT2D eigenvalue weighted by Gasteiger charge is 2.52. The van der Waals surface area contributed by atoms with Gasteiger partial charge in [-0.1, -0.05) is 0 Å². The molecule has 26 heavy (non-hydrogen) atoms. The largest absolute Gasteiger partial charge is 0.348 e. The van der Waals surface area contributed by atoms with E-state index in [0.29, 0.717) is 0 Å². The smallest absolute Gasteiger partial charge is 0.263 e. The molecule has 4 aliphatic carbocycles.